The highest BCUT2D eigenvalue weighted by molar-refractivity contribution is 5.71. The van der Waals surface area contributed by atoms with Gasteiger partial charge in [-0.05, 0) is 55.9 Å². The van der Waals surface area contributed by atoms with Crippen LogP contribution in [-0.4, -0.2) is 25.2 Å². The zero-order valence-electron chi connectivity index (χ0n) is 11.4. The van der Waals surface area contributed by atoms with Crippen LogP contribution in [-0.2, 0) is 22.4 Å². The molecular weight excluding hydrogens is 242 g/mol. The van der Waals surface area contributed by atoms with Crippen LogP contribution in [0.5, 0.6) is 5.75 Å². The van der Waals surface area contributed by atoms with Crippen molar-refractivity contribution < 1.29 is 14.3 Å². The molecule has 4 heteroatoms. The first-order valence-electron chi connectivity index (χ1n) is 6.85. The Morgan fingerprint density at radius 1 is 1.32 bits per heavy atom. The predicted octanol–water partition coefficient (Wildman–Crippen LogP) is 1.83. The van der Waals surface area contributed by atoms with Gasteiger partial charge in [0.25, 0.3) is 0 Å². The van der Waals surface area contributed by atoms with E-state index in [2.05, 4.69) is 6.07 Å². The van der Waals surface area contributed by atoms with Gasteiger partial charge < -0.3 is 15.2 Å². The summed E-state index contributed by atoms with van der Waals surface area (Å²) in [5, 5.41) is 0. The molecule has 1 atom stereocenters. The maximum Gasteiger partial charge on any atom is 0.344 e. The van der Waals surface area contributed by atoms with Crippen molar-refractivity contribution in [2.24, 2.45) is 5.73 Å². The van der Waals surface area contributed by atoms with Gasteiger partial charge in [-0.1, -0.05) is 6.07 Å². The Balaban J connectivity index is 1.99. The van der Waals surface area contributed by atoms with Crippen molar-refractivity contribution in [3.8, 4) is 5.75 Å². The van der Waals surface area contributed by atoms with E-state index in [1.54, 1.807) is 6.92 Å². The Hall–Kier alpha value is -1.55. The number of benzene rings is 1. The van der Waals surface area contributed by atoms with Crippen LogP contribution in [0.2, 0.25) is 0 Å². The van der Waals surface area contributed by atoms with Gasteiger partial charge in [0.2, 0.25) is 0 Å². The number of hydrogen-bond acceptors (Lipinski definition) is 4. The second-order valence-corrected chi connectivity index (χ2v) is 4.86. The van der Waals surface area contributed by atoms with Crippen LogP contribution in [0, 0.1) is 0 Å². The molecule has 0 radical (unpaired) electrons. The number of carbonyl (C=O) groups excluding carboxylic acids is 1. The average molecular weight is 263 g/mol. The molecule has 1 unspecified atom stereocenters. The fourth-order valence-electron chi connectivity index (χ4n) is 2.34. The Labute approximate surface area is 113 Å². The molecule has 1 aliphatic rings. The molecule has 1 aromatic carbocycles. The number of nitrogens with two attached hydrogens (primary N) is 1. The molecule has 0 fully saturated rings. The summed E-state index contributed by atoms with van der Waals surface area (Å²) in [6, 6.07) is 6.30. The molecule has 0 saturated carbocycles. The third kappa shape index (κ3) is 3.96. The van der Waals surface area contributed by atoms with E-state index in [1.165, 1.54) is 11.1 Å². The molecule has 0 heterocycles. The van der Waals surface area contributed by atoms with Gasteiger partial charge in [0.05, 0.1) is 6.61 Å². The number of fused-ring (bicyclic) bond motifs is 1. The van der Waals surface area contributed by atoms with Gasteiger partial charge in [-0.15, -0.1) is 0 Å². The molecule has 0 aliphatic heterocycles. The minimum Gasteiger partial charge on any atom is -0.482 e. The molecule has 104 valence electrons. The number of ether oxygens (including phenoxy) is 2. The van der Waals surface area contributed by atoms with Crippen LogP contribution in [0.4, 0.5) is 0 Å². The second-order valence-electron chi connectivity index (χ2n) is 4.86. The SMILES string of the molecule is CCOC(=O)COc1ccc2c(c1)CCC(N)CC2. The van der Waals surface area contributed by atoms with Gasteiger partial charge in [0.1, 0.15) is 5.75 Å². The molecule has 0 spiro atoms. The smallest absolute Gasteiger partial charge is 0.344 e. The van der Waals surface area contributed by atoms with Gasteiger partial charge in [0.15, 0.2) is 6.61 Å². The van der Waals surface area contributed by atoms with E-state index in [-0.39, 0.29) is 18.6 Å². The Morgan fingerprint density at radius 3 is 2.79 bits per heavy atom. The summed E-state index contributed by atoms with van der Waals surface area (Å²) in [4.78, 5) is 11.2. The molecule has 0 aromatic heterocycles. The Morgan fingerprint density at radius 2 is 2.05 bits per heavy atom. The average Bonchev–Trinajstić information content (AvgIpc) is 2.59. The van der Waals surface area contributed by atoms with Crippen LogP contribution in [0.25, 0.3) is 0 Å². The largest absolute Gasteiger partial charge is 0.482 e. The number of aryl methyl sites for hydroxylation is 2. The number of hydrogen-bond donors (Lipinski definition) is 1. The van der Waals surface area contributed by atoms with Crippen LogP contribution >= 0.6 is 0 Å². The summed E-state index contributed by atoms with van der Waals surface area (Å²) >= 11 is 0. The minimum absolute atomic E-state index is 0.0356. The van der Waals surface area contributed by atoms with Crippen LogP contribution in [0.3, 0.4) is 0 Å². The maximum atomic E-state index is 11.2. The third-order valence-corrected chi connectivity index (χ3v) is 3.41. The summed E-state index contributed by atoms with van der Waals surface area (Å²) in [5.74, 6) is 0.390. The summed E-state index contributed by atoms with van der Waals surface area (Å²) in [7, 11) is 0. The van der Waals surface area contributed by atoms with Crippen molar-refractivity contribution in [1.82, 2.24) is 0 Å². The van der Waals surface area contributed by atoms with Crippen molar-refractivity contribution in [2.75, 3.05) is 13.2 Å². The minimum atomic E-state index is -0.334. The summed E-state index contributed by atoms with van der Waals surface area (Å²) in [6.07, 6.45) is 4.05. The lowest BCUT2D eigenvalue weighted by molar-refractivity contribution is -0.145. The summed E-state index contributed by atoms with van der Waals surface area (Å²) in [5.41, 5.74) is 8.62. The summed E-state index contributed by atoms with van der Waals surface area (Å²) in [6.45, 7) is 2.12. The predicted molar refractivity (Wildman–Crippen MR) is 73.2 cm³/mol. The lowest BCUT2D eigenvalue weighted by Gasteiger charge is -2.10. The first-order valence-corrected chi connectivity index (χ1v) is 6.85. The Kier molecular flexibility index (Phi) is 4.80. The highest BCUT2D eigenvalue weighted by Gasteiger charge is 2.14. The highest BCUT2D eigenvalue weighted by Crippen LogP contribution is 2.24. The van der Waals surface area contributed by atoms with Crippen molar-refractivity contribution in [3.05, 3.63) is 29.3 Å². The van der Waals surface area contributed by atoms with Crippen molar-refractivity contribution >= 4 is 5.97 Å². The fraction of sp³-hybridized carbons (Fsp3) is 0.533. The molecule has 0 amide bonds. The van der Waals surface area contributed by atoms with Crippen molar-refractivity contribution in [2.45, 2.75) is 38.6 Å². The number of esters is 1. The zero-order valence-corrected chi connectivity index (χ0v) is 11.4. The fourth-order valence-corrected chi connectivity index (χ4v) is 2.34. The molecule has 19 heavy (non-hydrogen) atoms. The topological polar surface area (TPSA) is 61.5 Å². The van der Waals surface area contributed by atoms with Gasteiger partial charge in [-0.2, -0.15) is 0 Å². The molecule has 2 N–H and O–H groups in total. The molecule has 2 rings (SSSR count). The molecular formula is C15H21NO3. The molecule has 1 aromatic rings. The van der Waals surface area contributed by atoms with E-state index < -0.39 is 0 Å². The Bertz CT molecular complexity index is 445. The lowest BCUT2D eigenvalue weighted by Crippen LogP contribution is -2.19. The van der Waals surface area contributed by atoms with Crippen LogP contribution < -0.4 is 10.5 Å². The lowest BCUT2D eigenvalue weighted by atomic mass is 10.0. The van der Waals surface area contributed by atoms with E-state index in [4.69, 9.17) is 15.2 Å². The standard InChI is InChI=1S/C15H21NO3/c1-2-18-15(17)10-19-14-8-5-11-3-6-13(16)7-4-12(11)9-14/h5,8-9,13H,2-4,6-7,10,16H2,1H3. The van der Waals surface area contributed by atoms with Gasteiger partial charge in [0, 0.05) is 6.04 Å². The van der Waals surface area contributed by atoms with E-state index in [9.17, 15) is 4.79 Å². The molecule has 0 bridgehead atoms. The quantitative estimate of drug-likeness (QED) is 0.665. The van der Waals surface area contributed by atoms with Gasteiger partial charge in [-0.25, -0.2) is 4.79 Å². The number of carbonyl (C=O) groups is 1. The maximum absolute atomic E-state index is 11.2. The van der Waals surface area contributed by atoms with Gasteiger partial charge >= 0.3 is 5.97 Å². The molecule has 1 aliphatic carbocycles. The zero-order chi connectivity index (χ0) is 13.7. The highest BCUT2D eigenvalue weighted by atomic mass is 16.6. The first-order chi connectivity index (χ1) is 9.19. The monoisotopic (exact) mass is 263 g/mol. The van der Waals surface area contributed by atoms with Crippen molar-refractivity contribution in [1.29, 1.82) is 0 Å². The van der Waals surface area contributed by atoms with Crippen LogP contribution in [0.15, 0.2) is 18.2 Å². The van der Waals surface area contributed by atoms with E-state index in [0.717, 1.165) is 31.4 Å². The molecule has 4 nitrogen and oxygen atoms in total. The number of rotatable bonds is 4. The van der Waals surface area contributed by atoms with Gasteiger partial charge in [-0.3, -0.25) is 0 Å². The van der Waals surface area contributed by atoms with E-state index in [1.807, 2.05) is 12.1 Å². The molecule has 0 saturated heterocycles. The van der Waals surface area contributed by atoms with E-state index >= 15 is 0 Å². The summed E-state index contributed by atoms with van der Waals surface area (Å²) < 4.78 is 10.3. The first kappa shape index (κ1) is 13.9. The normalized spacial score (nSPS) is 18.3. The van der Waals surface area contributed by atoms with Crippen LogP contribution in [0.1, 0.15) is 30.9 Å². The third-order valence-electron chi connectivity index (χ3n) is 3.41. The van der Waals surface area contributed by atoms with Crippen molar-refractivity contribution in [3.63, 3.8) is 0 Å². The second kappa shape index (κ2) is 6.57. The van der Waals surface area contributed by atoms with E-state index in [0.29, 0.717) is 6.61 Å².